The lowest BCUT2D eigenvalue weighted by atomic mass is 10.3. The molecule has 1 aromatic heterocycles. The van der Waals surface area contributed by atoms with Crippen molar-refractivity contribution in [3.8, 4) is 0 Å². The highest BCUT2D eigenvalue weighted by Crippen LogP contribution is 2.25. The zero-order chi connectivity index (χ0) is 14.0. The summed E-state index contributed by atoms with van der Waals surface area (Å²) in [6, 6.07) is 5.90. The van der Waals surface area contributed by atoms with Gasteiger partial charge in [0.2, 0.25) is 0 Å². The van der Waals surface area contributed by atoms with Crippen LogP contribution < -0.4 is 10.5 Å². The summed E-state index contributed by atoms with van der Waals surface area (Å²) in [5, 5.41) is 6.69. The monoisotopic (exact) mass is 300 g/mol. The molecule has 102 valence electrons. The highest BCUT2D eigenvalue weighted by molar-refractivity contribution is 7.92. The van der Waals surface area contributed by atoms with Crippen LogP contribution in [0.1, 0.15) is 12.6 Å². The van der Waals surface area contributed by atoms with Gasteiger partial charge < -0.3 is 5.73 Å². The molecule has 19 heavy (non-hydrogen) atoms. The van der Waals surface area contributed by atoms with Gasteiger partial charge in [0.25, 0.3) is 10.0 Å². The van der Waals surface area contributed by atoms with Crippen molar-refractivity contribution in [3.05, 3.63) is 35.0 Å². The SMILES string of the molecule is CCc1cc(NS(=O)(=O)c2cc(N)ccc2Cl)n[nH]1. The Balaban J connectivity index is 2.34. The number of sulfonamides is 1. The number of benzene rings is 1. The van der Waals surface area contributed by atoms with E-state index in [-0.39, 0.29) is 15.7 Å². The molecule has 4 N–H and O–H groups in total. The average molecular weight is 301 g/mol. The Labute approximate surface area is 116 Å². The number of rotatable bonds is 4. The molecule has 0 atom stereocenters. The van der Waals surface area contributed by atoms with E-state index in [4.69, 9.17) is 17.3 Å². The molecule has 0 saturated heterocycles. The van der Waals surface area contributed by atoms with E-state index in [0.29, 0.717) is 5.69 Å². The minimum atomic E-state index is -3.81. The van der Waals surface area contributed by atoms with Crippen molar-refractivity contribution in [2.24, 2.45) is 0 Å². The van der Waals surface area contributed by atoms with E-state index in [0.717, 1.165) is 12.1 Å². The lowest BCUT2D eigenvalue weighted by molar-refractivity contribution is 0.601. The Morgan fingerprint density at radius 3 is 2.79 bits per heavy atom. The van der Waals surface area contributed by atoms with Gasteiger partial charge in [0.1, 0.15) is 4.90 Å². The largest absolute Gasteiger partial charge is 0.399 e. The van der Waals surface area contributed by atoms with Gasteiger partial charge in [-0.15, -0.1) is 0 Å². The van der Waals surface area contributed by atoms with Gasteiger partial charge in [-0.1, -0.05) is 18.5 Å². The number of hydrogen-bond acceptors (Lipinski definition) is 4. The second-order valence-corrected chi connectivity index (χ2v) is 5.99. The van der Waals surface area contributed by atoms with Crippen molar-refractivity contribution >= 4 is 33.1 Å². The second kappa shape index (κ2) is 5.10. The fourth-order valence-corrected chi connectivity index (χ4v) is 3.04. The van der Waals surface area contributed by atoms with Crippen LogP contribution in [0.15, 0.2) is 29.2 Å². The predicted molar refractivity (Wildman–Crippen MR) is 74.6 cm³/mol. The van der Waals surface area contributed by atoms with Gasteiger partial charge in [0, 0.05) is 17.4 Å². The van der Waals surface area contributed by atoms with Gasteiger partial charge in [-0.25, -0.2) is 8.42 Å². The van der Waals surface area contributed by atoms with E-state index < -0.39 is 10.0 Å². The molecule has 0 unspecified atom stereocenters. The molecule has 6 nitrogen and oxygen atoms in total. The zero-order valence-electron chi connectivity index (χ0n) is 10.1. The molecule has 0 radical (unpaired) electrons. The van der Waals surface area contributed by atoms with E-state index in [1.54, 1.807) is 6.07 Å². The van der Waals surface area contributed by atoms with Gasteiger partial charge in [-0.2, -0.15) is 5.10 Å². The number of aryl methyl sites for hydroxylation is 1. The van der Waals surface area contributed by atoms with Gasteiger partial charge in [0.05, 0.1) is 5.02 Å². The number of nitrogens with one attached hydrogen (secondary N) is 2. The van der Waals surface area contributed by atoms with Gasteiger partial charge in [0.15, 0.2) is 5.82 Å². The van der Waals surface area contributed by atoms with Crippen LogP contribution in [0.5, 0.6) is 0 Å². The van der Waals surface area contributed by atoms with Crippen LogP contribution in [0.4, 0.5) is 11.5 Å². The Kier molecular flexibility index (Phi) is 3.68. The molecule has 1 heterocycles. The molecule has 0 fully saturated rings. The molecule has 2 aromatic rings. The van der Waals surface area contributed by atoms with E-state index in [9.17, 15) is 8.42 Å². The van der Waals surface area contributed by atoms with Crippen LogP contribution >= 0.6 is 11.6 Å². The van der Waals surface area contributed by atoms with Crippen LogP contribution in [-0.4, -0.2) is 18.6 Å². The smallest absolute Gasteiger partial charge is 0.264 e. The lowest BCUT2D eigenvalue weighted by Crippen LogP contribution is -2.14. The Morgan fingerprint density at radius 2 is 2.16 bits per heavy atom. The van der Waals surface area contributed by atoms with Crippen molar-refractivity contribution in [1.29, 1.82) is 0 Å². The summed E-state index contributed by atoms with van der Waals surface area (Å²) in [5.74, 6) is 0.218. The maximum absolute atomic E-state index is 12.2. The lowest BCUT2D eigenvalue weighted by Gasteiger charge is -2.07. The Hall–Kier alpha value is -1.73. The van der Waals surface area contributed by atoms with Crippen LogP contribution in [0.3, 0.4) is 0 Å². The second-order valence-electron chi connectivity index (χ2n) is 3.93. The zero-order valence-corrected chi connectivity index (χ0v) is 11.7. The maximum atomic E-state index is 12.2. The molecule has 0 aliphatic rings. The first kappa shape index (κ1) is 13.7. The first-order chi connectivity index (χ1) is 8.92. The van der Waals surface area contributed by atoms with Crippen LogP contribution in [-0.2, 0) is 16.4 Å². The number of hydrogen-bond donors (Lipinski definition) is 3. The van der Waals surface area contributed by atoms with Gasteiger partial charge >= 0.3 is 0 Å². The van der Waals surface area contributed by atoms with Crippen molar-refractivity contribution in [3.63, 3.8) is 0 Å². The number of nitrogens with two attached hydrogens (primary N) is 1. The summed E-state index contributed by atoms with van der Waals surface area (Å²) in [6.07, 6.45) is 0.730. The standard InChI is InChI=1S/C11H13ClN4O2S/c1-2-8-6-11(15-14-8)16-19(17,18)10-5-7(13)3-4-9(10)12/h3-6H,2,13H2,1H3,(H2,14,15,16). The summed E-state index contributed by atoms with van der Waals surface area (Å²) in [5.41, 5.74) is 6.72. The van der Waals surface area contributed by atoms with Crippen LogP contribution in [0.25, 0.3) is 0 Å². The van der Waals surface area contributed by atoms with E-state index in [2.05, 4.69) is 14.9 Å². The normalized spacial score (nSPS) is 11.5. The fraction of sp³-hybridized carbons (Fsp3) is 0.182. The minimum absolute atomic E-state index is 0.0739. The van der Waals surface area contributed by atoms with Crippen molar-refractivity contribution in [1.82, 2.24) is 10.2 Å². The van der Waals surface area contributed by atoms with E-state index in [1.165, 1.54) is 18.2 Å². The molecular weight excluding hydrogens is 288 g/mol. The summed E-state index contributed by atoms with van der Waals surface area (Å²) >= 11 is 5.88. The number of aromatic nitrogens is 2. The molecule has 0 bridgehead atoms. The Morgan fingerprint density at radius 1 is 1.42 bits per heavy atom. The summed E-state index contributed by atoms with van der Waals surface area (Å²) in [7, 11) is -3.81. The van der Waals surface area contributed by atoms with Crippen molar-refractivity contribution in [2.45, 2.75) is 18.2 Å². The van der Waals surface area contributed by atoms with Crippen molar-refractivity contribution in [2.75, 3.05) is 10.5 Å². The van der Waals surface area contributed by atoms with Crippen LogP contribution in [0.2, 0.25) is 5.02 Å². The molecule has 0 aliphatic heterocycles. The number of anilines is 2. The number of nitrogen functional groups attached to an aromatic ring is 1. The molecule has 0 amide bonds. The van der Waals surface area contributed by atoms with E-state index in [1.807, 2.05) is 6.92 Å². The molecule has 0 aliphatic carbocycles. The molecular formula is C11H13ClN4O2S. The first-order valence-corrected chi connectivity index (χ1v) is 7.40. The molecule has 0 saturated carbocycles. The highest BCUT2D eigenvalue weighted by Gasteiger charge is 2.19. The quantitative estimate of drug-likeness (QED) is 0.752. The van der Waals surface area contributed by atoms with Gasteiger partial charge in [-0.05, 0) is 24.6 Å². The minimum Gasteiger partial charge on any atom is -0.399 e. The Bertz CT molecular complexity index is 696. The average Bonchev–Trinajstić information content (AvgIpc) is 2.79. The molecule has 1 aromatic carbocycles. The highest BCUT2D eigenvalue weighted by atomic mass is 35.5. The number of aromatic amines is 1. The summed E-state index contributed by atoms with van der Waals surface area (Å²) in [4.78, 5) is -0.0739. The van der Waals surface area contributed by atoms with Crippen LogP contribution in [0, 0.1) is 0 Å². The van der Waals surface area contributed by atoms with Crippen molar-refractivity contribution < 1.29 is 8.42 Å². The topological polar surface area (TPSA) is 101 Å². The maximum Gasteiger partial charge on any atom is 0.264 e. The first-order valence-electron chi connectivity index (χ1n) is 5.54. The van der Waals surface area contributed by atoms with Gasteiger partial charge in [-0.3, -0.25) is 9.82 Å². The number of H-pyrrole nitrogens is 1. The summed E-state index contributed by atoms with van der Waals surface area (Å²) in [6.45, 7) is 1.93. The fourth-order valence-electron chi connectivity index (χ4n) is 1.51. The molecule has 2 rings (SSSR count). The summed E-state index contributed by atoms with van der Waals surface area (Å²) < 4.78 is 26.7. The van der Waals surface area contributed by atoms with E-state index >= 15 is 0 Å². The number of nitrogens with zero attached hydrogens (tertiary/aromatic N) is 1. The third kappa shape index (κ3) is 2.99. The molecule has 8 heteroatoms. The molecule has 0 spiro atoms. The third-order valence-electron chi connectivity index (χ3n) is 2.50. The predicted octanol–water partition coefficient (Wildman–Crippen LogP) is 2.01. The third-order valence-corrected chi connectivity index (χ3v) is 4.33. The number of halogens is 1.